The van der Waals surface area contributed by atoms with E-state index in [9.17, 15) is 4.79 Å². The van der Waals surface area contributed by atoms with Gasteiger partial charge in [0.25, 0.3) is 0 Å². The van der Waals surface area contributed by atoms with Crippen molar-refractivity contribution in [2.45, 2.75) is 38.5 Å². The molecule has 6 heteroatoms. The SMILES string of the molecule is Cc1ccccc1CCc1c(C2CC2)cncc1-n1nn[nH]c1=O. The molecule has 122 valence electrons. The van der Waals surface area contributed by atoms with Crippen molar-refractivity contribution in [1.29, 1.82) is 0 Å². The second kappa shape index (κ2) is 6.03. The van der Waals surface area contributed by atoms with Crippen LogP contribution in [0, 0.1) is 6.92 Å². The minimum atomic E-state index is -0.332. The van der Waals surface area contributed by atoms with Crippen molar-refractivity contribution < 1.29 is 0 Å². The summed E-state index contributed by atoms with van der Waals surface area (Å²) in [6.07, 6.45) is 7.82. The van der Waals surface area contributed by atoms with Gasteiger partial charge >= 0.3 is 5.69 Å². The fraction of sp³-hybridized carbons (Fsp3) is 0.333. The van der Waals surface area contributed by atoms with Crippen LogP contribution in [0.25, 0.3) is 5.69 Å². The molecule has 24 heavy (non-hydrogen) atoms. The van der Waals surface area contributed by atoms with Gasteiger partial charge in [-0.05, 0) is 71.2 Å². The number of aromatic amines is 1. The number of pyridine rings is 1. The largest absolute Gasteiger partial charge is 0.365 e. The van der Waals surface area contributed by atoms with E-state index in [2.05, 4.69) is 51.7 Å². The molecule has 1 aliphatic rings. The van der Waals surface area contributed by atoms with Crippen molar-refractivity contribution in [2.75, 3.05) is 0 Å². The van der Waals surface area contributed by atoms with Gasteiger partial charge in [0.05, 0.1) is 11.9 Å². The number of aromatic nitrogens is 5. The maximum Gasteiger partial charge on any atom is 0.365 e. The zero-order valence-electron chi connectivity index (χ0n) is 13.6. The first kappa shape index (κ1) is 14.8. The van der Waals surface area contributed by atoms with Crippen LogP contribution in [0.3, 0.4) is 0 Å². The van der Waals surface area contributed by atoms with E-state index in [1.54, 1.807) is 6.20 Å². The summed E-state index contributed by atoms with van der Waals surface area (Å²) >= 11 is 0. The third kappa shape index (κ3) is 2.75. The number of nitrogens with zero attached hydrogens (tertiary/aromatic N) is 4. The van der Waals surface area contributed by atoms with Gasteiger partial charge in [0, 0.05) is 6.20 Å². The fourth-order valence-electron chi connectivity index (χ4n) is 3.20. The molecule has 0 unspecified atom stereocenters. The number of aryl methyl sites for hydroxylation is 2. The minimum absolute atomic E-state index is 0.332. The molecule has 1 saturated carbocycles. The normalized spacial score (nSPS) is 14.0. The maximum atomic E-state index is 12.0. The minimum Gasteiger partial charge on any atom is -0.262 e. The second-order valence-electron chi connectivity index (χ2n) is 6.35. The molecule has 0 amide bonds. The number of hydrogen-bond donors (Lipinski definition) is 1. The number of tetrazole rings is 1. The lowest BCUT2D eigenvalue weighted by molar-refractivity contribution is 0.757. The summed E-state index contributed by atoms with van der Waals surface area (Å²) in [5.41, 5.74) is 5.44. The van der Waals surface area contributed by atoms with E-state index in [0.717, 1.165) is 24.1 Å². The van der Waals surface area contributed by atoms with E-state index in [1.165, 1.54) is 34.2 Å². The predicted molar refractivity (Wildman–Crippen MR) is 90.3 cm³/mol. The van der Waals surface area contributed by atoms with Gasteiger partial charge in [-0.3, -0.25) is 4.98 Å². The molecular weight excluding hydrogens is 302 g/mol. The molecule has 0 atom stereocenters. The Morgan fingerprint density at radius 3 is 2.75 bits per heavy atom. The molecular formula is C18H19N5O. The Morgan fingerprint density at radius 1 is 1.21 bits per heavy atom. The second-order valence-corrected chi connectivity index (χ2v) is 6.35. The van der Waals surface area contributed by atoms with Gasteiger partial charge in [-0.25, -0.2) is 9.89 Å². The molecule has 1 fully saturated rings. The smallest absolute Gasteiger partial charge is 0.262 e. The summed E-state index contributed by atoms with van der Waals surface area (Å²) in [6.45, 7) is 2.13. The lowest BCUT2D eigenvalue weighted by atomic mass is 9.96. The maximum absolute atomic E-state index is 12.0. The molecule has 2 heterocycles. The van der Waals surface area contributed by atoms with Crippen molar-refractivity contribution in [3.05, 3.63) is 69.4 Å². The van der Waals surface area contributed by atoms with Crippen molar-refractivity contribution in [1.82, 2.24) is 25.2 Å². The van der Waals surface area contributed by atoms with E-state index in [1.807, 2.05) is 6.20 Å². The Bertz CT molecular complexity index is 923. The summed E-state index contributed by atoms with van der Waals surface area (Å²) in [5, 5.41) is 9.87. The van der Waals surface area contributed by atoms with E-state index < -0.39 is 0 Å². The van der Waals surface area contributed by atoms with Crippen molar-refractivity contribution in [3.8, 4) is 5.69 Å². The van der Waals surface area contributed by atoms with Gasteiger partial charge < -0.3 is 0 Å². The van der Waals surface area contributed by atoms with Gasteiger partial charge in [0.2, 0.25) is 0 Å². The van der Waals surface area contributed by atoms with Gasteiger partial charge in [-0.2, -0.15) is 4.68 Å². The molecule has 1 aliphatic carbocycles. The first-order valence-corrected chi connectivity index (χ1v) is 8.26. The Hall–Kier alpha value is -2.76. The highest BCUT2D eigenvalue weighted by Crippen LogP contribution is 2.42. The van der Waals surface area contributed by atoms with Crippen molar-refractivity contribution in [2.24, 2.45) is 0 Å². The number of benzene rings is 1. The molecule has 1 N–H and O–H groups in total. The molecule has 0 radical (unpaired) electrons. The van der Waals surface area contributed by atoms with E-state index in [4.69, 9.17) is 0 Å². The molecule has 4 rings (SSSR count). The van der Waals surface area contributed by atoms with Crippen LogP contribution >= 0.6 is 0 Å². The topological polar surface area (TPSA) is 76.5 Å². The monoisotopic (exact) mass is 321 g/mol. The summed E-state index contributed by atoms with van der Waals surface area (Å²) in [5.74, 6) is 0.562. The standard InChI is InChI=1S/C18H19N5O/c1-12-4-2-3-5-13(12)8-9-15-16(14-6-7-14)10-19-11-17(15)23-18(24)20-21-22-23/h2-5,10-11,14H,6-9H2,1H3,(H,20,22,24). The van der Waals surface area contributed by atoms with Crippen LogP contribution in [0.2, 0.25) is 0 Å². The van der Waals surface area contributed by atoms with Crippen LogP contribution in [0.4, 0.5) is 0 Å². The molecule has 0 spiro atoms. The van der Waals surface area contributed by atoms with Gasteiger partial charge in [-0.1, -0.05) is 24.3 Å². The highest BCUT2D eigenvalue weighted by molar-refractivity contribution is 5.46. The number of rotatable bonds is 5. The van der Waals surface area contributed by atoms with Crippen LogP contribution in [-0.4, -0.2) is 25.2 Å². The average molecular weight is 321 g/mol. The quantitative estimate of drug-likeness (QED) is 0.782. The number of nitrogens with one attached hydrogen (secondary N) is 1. The molecule has 0 bridgehead atoms. The lowest BCUT2D eigenvalue weighted by Crippen LogP contribution is -2.19. The molecule has 0 aliphatic heterocycles. The predicted octanol–water partition coefficient (Wildman–Crippen LogP) is 2.32. The van der Waals surface area contributed by atoms with Gasteiger partial charge in [0.15, 0.2) is 0 Å². The van der Waals surface area contributed by atoms with Crippen molar-refractivity contribution >= 4 is 0 Å². The molecule has 1 aromatic carbocycles. The zero-order chi connectivity index (χ0) is 16.5. The summed E-state index contributed by atoms with van der Waals surface area (Å²) in [4.78, 5) is 16.3. The van der Waals surface area contributed by atoms with Gasteiger partial charge in [-0.15, -0.1) is 0 Å². The summed E-state index contributed by atoms with van der Waals surface area (Å²) < 4.78 is 1.31. The molecule has 2 aromatic heterocycles. The number of hydrogen-bond acceptors (Lipinski definition) is 4. The van der Waals surface area contributed by atoms with Crippen LogP contribution in [0.1, 0.15) is 41.0 Å². The fourth-order valence-corrected chi connectivity index (χ4v) is 3.20. The number of H-pyrrole nitrogens is 1. The van der Waals surface area contributed by atoms with Crippen LogP contribution in [-0.2, 0) is 12.8 Å². The van der Waals surface area contributed by atoms with Crippen LogP contribution in [0.15, 0.2) is 41.5 Å². The van der Waals surface area contributed by atoms with E-state index in [0.29, 0.717) is 5.92 Å². The van der Waals surface area contributed by atoms with E-state index >= 15 is 0 Å². The third-order valence-electron chi connectivity index (χ3n) is 4.69. The first-order valence-electron chi connectivity index (χ1n) is 8.26. The Morgan fingerprint density at radius 2 is 2.04 bits per heavy atom. The van der Waals surface area contributed by atoms with Crippen LogP contribution in [0.5, 0.6) is 0 Å². The Labute approximate surface area is 139 Å². The molecule has 0 saturated heterocycles. The third-order valence-corrected chi connectivity index (χ3v) is 4.69. The molecule has 6 nitrogen and oxygen atoms in total. The highest BCUT2D eigenvalue weighted by Gasteiger charge is 2.28. The van der Waals surface area contributed by atoms with Gasteiger partial charge in [0.1, 0.15) is 0 Å². The zero-order valence-corrected chi connectivity index (χ0v) is 13.6. The Balaban J connectivity index is 1.74. The Kier molecular flexibility index (Phi) is 3.72. The van der Waals surface area contributed by atoms with E-state index in [-0.39, 0.29) is 5.69 Å². The van der Waals surface area contributed by atoms with Crippen LogP contribution < -0.4 is 5.69 Å². The summed E-state index contributed by atoms with van der Waals surface area (Å²) in [7, 11) is 0. The highest BCUT2D eigenvalue weighted by atomic mass is 16.2. The molecule has 3 aromatic rings. The lowest BCUT2D eigenvalue weighted by Gasteiger charge is -2.14. The van der Waals surface area contributed by atoms with Crippen molar-refractivity contribution in [3.63, 3.8) is 0 Å². The summed E-state index contributed by atoms with van der Waals surface area (Å²) in [6, 6.07) is 8.42. The average Bonchev–Trinajstić information content (AvgIpc) is 3.35. The first-order chi connectivity index (χ1) is 11.7.